The number of hydrogen-bond donors (Lipinski definition) is 2. The maximum atomic E-state index is 9.99. The normalized spacial score (nSPS) is 14.7. The summed E-state index contributed by atoms with van der Waals surface area (Å²) in [7, 11) is -2.74. The van der Waals surface area contributed by atoms with E-state index in [4.69, 9.17) is 9.08 Å². The van der Waals surface area contributed by atoms with Crippen molar-refractivity contribution in [1.82, 2.24) is 0 Å². The van der Waals surface area contributed by atoms with Gasteiger partial charge in [0, 0.05) is 6.61 Å². The molecule has 0 rings (SSSR count). The van der Waals surface area contributed by atoms with Gasteiger partial charge < -0.3 is 19.2 Å². The van der Waals surface area contributed by atoms with Crippen LogP contribution >= 0.6 is 0 Å². The first-order chi connectivity index (χ1) is 9.60. The number of aliphatic hydroxyl groups is 1. The van der Waals surface area contributed by atoms with E-state index >= 15 is 0 Å². The van der Waals surface area contributed by atoms with Crippen molar-refractivity contribution in [2.45, 2.75) is 84.2 Å². The summed E-state index contributed by atoms with van der Waals surface area (Å²) < 4.78 is 11.5. The largest absolute Gasteiger partial charge is 0.483 e. The number of hydrogen-bond acceptors (Lipinski definition) is 4. The molecule has 130 valence electrons. The fraction of sp³-hybridized carbons (Fsp3) is 0.875. The standard InChI is InChI=1S/C16H35BO4Si/c1-14(2,3)22(8,9)20-13-11-10-12-17(19)21-16(6,7)15(4,5)18/h10,12,18-19H,11,13H2,1-9H3. The van der Waals surface area contributed by atoms with Crippen molar-refractivity contribution in [2.24, 2.45) is 0 Å². The molecule has 4 nitrogen and oxygen atoms in total. The first-order valence-corrected chi connectivity index (χ1v) is 10.9. The molecule has 0 spiro atoms. The van der Waals surface area contributed by atoms with Crippen molar-refractivity contribution >= 4 is 15.4 Å². The van der Waals surface area contributed by atoms with Crippen LogP contribution in [-0.2, 0) is 9.08 Å². The molecule has 0 bridgehead atoms. The van der Waals surface area contributed by atoms with Crippen LogP contribution in [0.1, 0.15) is 54.9 Å². The zero-order valence-electron chi connectivity index (χ0n) is 15.9. The second-order valence-electron chi connectivity index (χ2n) is 8.40. The molecule has 0 aliphatic heterocycles. The van der Waals surface area contributed by atoms with Crippen LogP contribution in [-0.4, -0.2) is 43.4 Å². The van der Waals surface area contributed by atoms with Crippen molar-refractivity contribution in [3.05, 3.63) is 12.1 Å². The monoisotopic (exact) mass is 330 g/mol. The summed E-state index contributed by atoms with van der Waals surface area (Å²) in [5.41, 5.74) is -1.87. The lowest BCUT2D eigenvalue weighted by Crippen LogP contribution is -2.50. The molecule has 0 saturated carbocycles. The predicted molar refractivity (Wildman–Crippen MR) is 96.3 cm³/mol. The van der Waals surface area contributed by atoms with Gasteiger partial charge in [0.25, 0.3) is 0 Å². The van der Waals surface area contributed by atoms with Gasteiger partial charge in [-0.1, -0.05) is 32.8 Å². The molecule has 0 heterocycles. The molecule has 0 aromatic carbocycles. The summed E-state index contributed by atoms with van der Waals surface area (Å²) in [6.07, 6.45) is 2.59. The van der Waals surface area contributed by atoms with Gasteiger partial charge in [-0.25, -0.2) is 0 Å². The summed E-state index contributed by atoms with van der Waals surface area (Å²) in [5.74, 6) is 1.60. The third-order valence-electron chi connectivity index (χ3n) is 4.74. The Hall–Kier alpha value is -0.138. The quantitative estimate of drug-likeness (QED) is 0.528. The summed E-state index contributed by atoms with van der Waals surface area (Å²) in [5, 5.41) is 20.1. The van der Waals surface area contributed by atoms with Gasteiger partial charge in [-0.3, -0.25) is 0 Å². The molecule has 0 amide bonds. The van der Waals surface area contributed by atoms with Crippen molar-refractivity contribution in [2.75, 3.05) is 6.61 Å². The molecular weight excluding hydrogens is 295 g/mol. The zero-order valence-corrected chi connectivity index (χ0v) is 16.9. The Morgan fingerprint density at radius 2 is 1.55 bits per heavy atom. The van der Waals surface area contributed by atoms with Crippen LogP contribution in [0.2, 0.25) is 18.1 Å². The topological polar surface area (TPSA) is 58.9 Å². The fourth-order valence-electron chi connectivity index (χ4n) is 1.30. The van der Waals surface area contributed by atoms with Crippen LogP contribution in [0.15, 0.2) is 12.1 Å². The first-order valence-electron chi connectivity index (χ1n) is 7.99. The highest BCUT2D eigenvalue weighted by Crippen LogP contribution is 2.36. The van der Waals surface area contributed by atoms with Gasteiger partial charge in [-0.05, 0) is 52.2 Å². The molecule has 0 unspecified atom stereocenters. The Kier molecular flexibility index (Phi) is 7.57. The Morgan fingerprint density at radius 1 is 1.05 bits per heavy atom. The second-order valence-corrected chi connectivity index (χ2v) is 13.2. The minimum atomic E-state index is -1.71. The Bertz CT molecular complexity index is 367. The molecule has 0 radical (unpaired) electrons. The lowest BCUT2D eigenvalue weighted by Gasteiger charge is -2.38. The van der Waals surface area contributed by atoms with E-state index in [9.17, 15) is 10.1 Å². The minimum Gasteiger partial charge on any atom is -0.423 e. The molecular formula is C16H35BO4Si. The zero-order chi connectivity index (χ0) is 17.8. The van der Waals surface area contributed by atoms with E-state index in [2.05, 4.69) is 33.9 Å². The highest BCUT2D eigenvalue weighted by atomic mass is 28.4. The van der Waals surface area contributed by atoms with Gasteiger partial charge in [-0.15, -0.1) is 0 Å². The van der Waals surface area contributed by atoms with Crippen LogP contribution in [0, 0.1) is 0 Å². The van der Waals surface area contributed by atoms with Crippen LogP contribution in [0.4, 0.5) is 0 Å². The van der Waals surface area contributed by atoms with Crippen LogP contribution in [0.5, 0.6) is 0 Å². The van der Waals surface area contributed by atoms with E-state index in [1.165, 1.54) is 0 Å². The Labute approximate surface area is 138 Å². The van der Waals surface area contributed by atoms with Crippen LogP contribution in [0.3, 0.4) is 0 Å². The molecule has 6 heteroatoms. The van der Waals surface area contributed by atoms with E-state index in [1.807, 2.05) is 6.08 Å². The first kappa shape index (κ1) is 21.9. The third-order valence-corrected chi connectivity index (χ3v) is 9.28. The maximum Gasteiger partial charge on any atom is 0.483 e. The van der Waals surface area contributed by atoms with Crippen molar-refractivity contribution in [1.29, 1.82) is 0 Å². The molecule has 0 saturated heterocycles. The molecule has 0 atom stereocenters. The summed E-state index contributed by atoms with van der Waals surface area (Å²) >= 11 is 0. The Balaban J connectivity index is 4.26. The maximum absolute atomic E-state index is 9.99. The lowest BCUT2D eigenvalue weighted by atomic mass is 9.83. The highest BCUT2D eigenvalue weighted by Gasteiger charge is 2.38. The van der Waals surface area contributed by atoms with Gasteiger partial charge in [0.05, 0.1) is 11.2 Å². The molecule has 2 N–H and O–H groups in total. The Morgan fingerprint density at radius 3 is 1.95 bits per heavy atom. The third kappa shape index (κ3) is 6.96. The van der Waals surface area contributed by atoms with Gasteiger partial charge in [0.1, 0.15) is 0 Å². The smallest absolute Gasteiger partial charge is 0.423 e. The minimum absolute atomic E-state index is 0.204. The van der Waals surface area contributed by atoms with E-state index in [0.29, 0.717) is 6.61 Å². The predicted octanol–water partition coefficient (Wildman–Crippen LogP) is 3.54. The molecule has 22 heavy (non-hydrogen) atoms. The molecule has 0 aromatic rings. The van der Waals surface area contributed by atoms with E-state index in [-0.39, 0.29) is 5.04 Å². The van der Waals surface area contributed by atoms with E-state index < -0.39 is 26.6 Å². The van der Waals surface area contributed by atoms with Gasteiger partial charge in [-0.2, -0.15) is 0 Å². The molecule has 0 aromatic heterocycles. The lowest BCUT2D eigenvalue weighted by molar-refractivity contribution is -0.0984. The van der Waals surface area contributed by atoms with Crippen molar-refractivity contribution < 1.29 is 19.2 Å². The molecule has 0 aliphatic carbocycles. The van der Waals surface area contributed by atoms with Gasteiger partial charge in [0.15, 0.2) is 8.32 Å². The second kappa shape index (κ2) is 7.62. The van der Waals surface area contributed by atoms with Gasteiger partial charge >= 0.3 is 7.12 Å². The highest BCUT2D eigenvalue weighted by molar-refractivity contribution is 6.74. The SMILES string of the molecule is CC(C)(O)C(C)(C)OB(O)C=CCCO[Si](C)(C)C(C)(C)C. The van der Waals surface area contributed by atoms with E-state index in [1.54, 1.807) is 33.7 Å². The van der Waals surface area contributed by atoms with E-state index in [0.717, 1.165) is 6.42 Å². The average Bonchev–Trinajstić information content (AvgIpc) is 2.24. The summed E-state index contributed by atoms with van der Waals surface area (Å²) in [6, 6.07) is 0. The molecule has 0 fully saturated rings. The summed E-state index contributed by atoms with van der Waals surface area (Å²) in [4.78, 5) is 0. The average molecular weight is 330 g/mol. The van der Waals surface area contributed by atoms with Crippen LogP contribution < -0.4 is 0 Å². The fourth-order valence-corrected chi connectivity index (χ4v) is 2.36. The van der Waals surface area contributed by atoms with Gasteiger partial charge in [0.2, 0.25) is 0 Å². The molecule has 0 aliphatic rings. The van der Waals surface area contributed by atoms with Crippen molar-refractivity contribution in [3.8, 4) is 0 Å². The number of rotatable bonds is 8. The van der Waals surface area contributed by atoms with Crippen molar-refractivity contribution in [3.63, 3.8) is 0 Å². The van der Waals surface area contributed by atoms with Crippen LogP contribution in [0.25, 0.3) is 0 Å². The summed E-state index contributed by atoms with van der Waals surface area (Å²) in [6.45, 7) is 18.6.